The van der Waals surface area contributed by atoms with Crippen molar-refractivity contribution >= 4 is 5.91 Å². The number of aromatic nitrogens is 2. The minimum Gasteiger partial charge on any atom is -0.496 e. The molecule has 1 aromatic heterocycles. The van der Waals surface area contributed by atoms with Gasteiger partial charge in [0.1, 0.15) is 5.75 Å². The van der Waals surface area contributed by atoms with E-state index in [1.165, 1.54) is 0 Å². The van der Waals surface area contributed by atoms with Gasteiger partial charge in [-0.1, -0.05) is 29.8 Å². The lowest BCUT2D eigenvalue weighted by Gasteiger charge is -2.25. The molecule has 0 radical (unpaired) electrons. The third-order valence-corrected chi connectivity index (χ3v) is 5.22. The SMILES string of the molecule is COc1cc(C(=O)N2CC(O)CC2c2cccc(C)c2)ccc1-c1cn[nH]c1. The fourth-order valence-corrected chi connectivity index (χ4v) is 3.86. The molecule has 4 rings (SSSR count). The Morgan fingerprint density at radius 2 is 2.14 bits per heavy atom. The first-order valence-corrected chi connectivity index (χ1v) is 9.29. The predicted molar refractivity (Wildman–Crippen MR) is 106 cm³/mol. The number of hydrogen-bond donors (Lipinski definition) is 2. The summed E-state index contributed by atoms with van der Waals surface area (Å²) >= 11 is 0. The van der Waals surface area contributed by atoms with Gasteiger partial charge in [0, 0.05) is 29.4 Å². The Kier molecular flexibility index (Phi) is 4.88. The van der Waals surface area contributed by atoms with Crippen LogP contribution in [0.5, 0.6) is 5.75 Å². The molecule has 1 aliphatic heterocycles. The van der Waals surface area contributed by atoms with Crippen LogP contribution < -0.4 is 4.74 Å². The summed E-state index contributed by atoms with van der Waals surface area (Å²) in [6.45, 7) is 2.35. The number of nitrogens with zero attached hydrogens (tertiary/aromatic N) is 2. The Morgan fingerprint density at radius 3 is 2.86 bits per heavy atom. The van der Waals surface area contributed by atoms with Crippen LogP contribution in [0.25, 0.3) is 11.1 Å². The predicted octanol–water partition coefficient (Wildman–Crippen LogP) is 3.34. The van der Waals surface area contributed by atoms with Crippen LogP contribution in [0, 0.1) is 6.92 Å². The van der Waals surface area contributed by atoms with Crippen LogP contribution >= 0.6 is 0 Å². The number of ether oxygens (including phenoxy) is 1. The van der Waals surface area contributed by atoms with Gasteiger partial charge in [-0.25, -0.2) is 0 Å². The molecule has 2 N–H and O–H groups in total. The molecule has 2 atom stereocenters. The van der Waals surface area contributed by atoms with Crippen molar-refractivity contribution < 1.29 is 14.6 Å². The van der Waals surface area contributed by atoms with E-state index in [0.29, 0.717) is 24.3 Å². The number of β-amino-alcohol motifs (C(OH)–C–C–N with tert-alkyl or cyclic N) is 1. The zero-order chi connectivity index (χ0) is 19.7. The number of carbonyl (C=O) groups is 1. The van der Waals surface area contributed by atoms with Gasteiger partial charge < -0.3 is 14.7 Å². The average Bonchev–Trinajstić information content (AvgIpc) is 3.36. The maximum absolute atomic E-state index is 13.3. The van der Waals surface area contributed by atoms with E-state index in [9.17, 15) is 9.90 Å². The lowest BCUT2D eigenvalue weighted by atomic mass is 10.0. The summed E-state index contributed by atoms with van der Waals surface area (Å²) in [7, 11) is 1.59. The minimum atomic E-state index is -0.526. The number of aliphatic hydroxyl groups is 1. The number of carbonyl (C=O) groups excluding carboxylic acids is 1. The van der Waals surface area contributed by atoms with Crippen molar-refractivity contribution in [1.82, 2.24) is 15.1 Å². The molecular weight excluding hydrogens is 354 g/mol. The fraction of sp³-hybridized carbons (Fsp3) is 0.273. The number of hydrogen-bond acceptors (Lipinski definition) is 4. The number of rotatable bonds is 4. The molecular formula is C22H23N3O3. The Hall–Kier alpha value is -3.12. The van der Waals surface area contributed by atoms with E-state index in [0.717, 1.165) is 22.3 Å². The summed E-state index contributed by atoms with van der Waals surface area (Å²) in [4.78, 5) is 15.0. The molecule has 28 heavy (non-hydrogen) atoms. The molecule has 1 aliphatic rings. The fourth-order valence-electron chi connectivity index (χ4n) is 3.86. The average molecular weight is 377 g/mol. The van der Waals surface area contributed by atoms with Crippen molar-refractivity contribution in [1.29, 1.82) is 0 Å². The van der Waals surface area contributed by atoms with Crippen molar-refractivity contribution in [2.45, 2.75) is 25.5 Å². The summed E-state index contributed by atoms with van der Waals surface area (Å²) in [5, 5.41) is 17.0. The first-order valence-electron chi connectivity index (χ1n) is 9.29. The highest BCUT2D eigenvalue weighted by Gasteiger charge is 2.36. The molecule has 144 valence electrons. The molecule has 0 saturated carbocycles. The molecule has 2 aromatic carbocycles. The Labute approximate surface area is 163 Å². The number of likely N-dealkylation sites (tertiary alicyclic amines) is 1. The molecule has 0 bridgehead atoms. The van der Waals surface area contributed by atoms with Gasteiger partial charge in [-0.3, -0.25) is 9.89 Å². The number of H-pyrrole nitrogens is 1. The van der Waals surface area contributed by atoms with Crippen LogP contribution in [0.15, 0.2) is 54.9 Å². The van der Waals surface area contributed by atoms with Crippen molar-refractivity contribution in [3.05, 3.63) is 71.5 Å². The van der Waals surface area contributed by atoms with Crippen LogP contribution in [0.1, 0.15) is 33.9 Å². The number of aryl methyl sites for hydroxylation is 1. The van der Waals surface area contributed by atoms with Gasteiger partial charge >= 0.3 is 0 Å². The van der Waals surface area contributed by atoms with Gasteiger partial charge in [-0.2, -0.15) is 5.10 Å². The molecule has 3 aromatic rings. The van der Waals surface area contributed by atoms with Crippen molar-refractivity contribution in [2.75, 3.05) is 13.7 Å². The summed E-state index contributed by atoms with van der Waals surface area (Å²) < 4.78 is 5.51. The Morgan fingerprint density at radius 1 is 1.29 bits per heavy atom. The molecule has 2 unspecified atom stereocenters. The standard InChI is InChI=1S/C22H23N3O3/c1-14-4-3-5-15(8-14)20-10-18(26)13-25(20)22(27)16-6-7-19(21(9-16)28-2)17-11-23-24-12-17/h3-9,11-12,18,20,26H,10,13H2,1-2H3,(H,23,24). The third-order valence-electron chi connectivity index (χ3n) is 5.22. The number of benzene rings is 2. The summed E-state index contributed by atoms with van der Waals surface area (Å²) in [5.41, 5.74) is 4.48. The van der Waals surface area contributed by atoms with Gasteiger partial charge in [0.05, 0.1) is 25.5 Å². The van der Waals surface area contributed by atoms with Crippen molar-refractivity contribution in [3.8, 4) is 16.9 Å². The molecule has 6 nitrogen and oxygen atoms in total. The number of aromatic amines is 1. The van der Waals surface area contributed by atoms with Gasteiger partial charge in [0.2, 0.25) is 0 Å². The molecule has 2 heterocycles. The number of amides is 1. The smallest absolute Gasteiger partial charge is 0.254 e. The Bertz CT molecular complexity index is 984. The van der Waals surface area contributed by atoms with Crippen LogP contribution in [-0.4, -0.2) is 45.9 Å². The minimum absolute atomic E-state index is 0.111. The van der Waals surface area contributed by atoms with Crippen molar-refractivity contribution in [3.63, 3.8) is 0 Å². The second kappa shape index (κ2) is 7.48. The van der Waals surface area contributed by atoms with E-state index in [4.69, 9.17) is 4.74 Å². The normalized spacial score (nSPS) is 19.0. The van der Waals surface area contributed by atoms with E-state index in [1.54, 1.807) is 36.5 Å². The lowest BCUT2D eigenvalue weighted by molar-refractivity contribution is 0.0715. The monoisotopic (exact) mass is 377 g/mol. The van der Waals surface area contributed by atoms with Crippen LogP contribution in [-0.2, 0) is 0 Å². The molecule has 1 amide bonds. The second-order valence-corrected chi connectivity index (χ2v) is 7.18. The van der Waals surface area contributed by atoms with E-state index >= 15 is 0 Å². The number of methoxy groups -OCH3 is 1. The third kappa shape index (κ3) is 3.39. The van der Waals surface area contributed by atoms with Crippen LogP contribution in [0.3, 0.4) is 0 Å². The maximum atomic E-state index is 13.3. The topological polar surface area (TPSA) is 78.4 Å². The zero-order valence-electron chi connectivity index (χ0n) is 15.9. The number of aliphatic hydroxyl groups excluding tert-OH is 1. The Balaban J connectivity index is 1.66. The second-order valence-electron chi connectivity index (χ2n) is 7.18. The largest absolute Gasteiger partial charge is 0.496 e. The maximum Gasteiger partial charge on any atom is 0.254 e. The molecule has 1 saturated heterocycles. The zero-order valence-corrected chi connectivity index (χ0v) is 15.9. The van der Waals surface area contributed by atoms with Gasteiger partial charge in [0.25, 0.3) is 5.91 Å². The van der Waals surface area contributed by atoms with Gasteiger partial charge in [-0.05, 0) is 37.1 Å². The quantitative estimate of drug-likeness (QED) is 0.731. The van der Waals surface area contributed by atoms with Crippen LogP contribution in [0.4, 0.5) is 0 Å². The van der Waals surface area contributed by atoms with E-state index in [-0.39, 0.29) is 11.9 Å². The highest BCUT2D eigenvalue weighted by atomic mass is 16.5. The van der Waals surface area contributed by atoms with Gasteiger partial charge in [0.15, 0.2) is 0 Å². The van der Waals surface area contributed by atoms with Gasteiger partial charge in [-0.15, -0.1) is 0 Å². The van der Waals surface area contributed by atoms with E-state index in [2.05, 4.69) is 16.3 Å². The summed E-state index contributed by atoms with van der Waals surface area (Å²) in [6, 6.07) is 13.4. The molecule has 6 heteroatoms. The van der Waals surface area contributed by atoms with E-state index < -0.39 is 6.10 Å². The van der Waals surface area contributed by atoms with Crippen LogP contribution in [0.2, 0.25) is 0 Å². The highest BCUT2D eigenvalue weighted by molar-refractivity contribution is 5.96. The number of nitrogens with one attached hydrogen (secondary N) is 1. The summed E-state index contributed by atoms with van der Waals surface area (Å²) in [5.74, 6) is 0.499. The lowest BCUT2D eigenvalue weighted by Crippen LogP contribution is -2.31. The first-order chi connectivity index (χ1) is 13.6. The molecule has 0 spiro atoms. The molecule has 0 aliphatic carbocycles. The summed E-state index contributed by atoms with van der Waals surface area (Å²) in [6.07, 6.45) is 3.51. The van der Waals surface area contributed by atoms with E-state index in [1.807, 2.05) is 31.2 Å². The molecule has 1 fully saturated rings. The van der Waals surface area contributed by atoms with Crippen molar-refractivity contribution in [2.24, 2.45) is 0 Å². The highest BCUT2D eigenvalue weighted by Crippen LogP contribution is 2.35. The first kappa shape index (κ1) is 18.3.